The van der Waals surface area contributed by atoms with Gasteiger partial charge in [0.15, 0.2) is 0 Å². The fraction of sp³-hybridized carbons (Fsp3) is 0.364. The van der Waals surface area contributed by atoms with Crippen LogP contribution in [0.3, 0.4) is 0 Å². The quantitative estimate of drug-likeness (QED) is 0.588. The van der Waals surface area contributed by atoms with Gasteiger partial charge in [-0.2, -0.15) is 0 Å². The van der Waals surface area contributed by atoms with E-state index in [0.717, 1.165) is 0 Å². The Kier molecular flexibility index (Phi) is 4.59. The molecule has 0 heterocycles. The Hall–Kier alpha value is -1.95. The second-order valence-corrected chi connectivity index (χ2v) is 3.84. The van der Waals surface area contributed by atoms with Gasteiger partial charge in [-0.15, -0.1) is 0 Å². The normalized spacial score (nSPS) is 10.5. The van der Waals surface area contributed by atoms with Crippen molar-refractivity contribution in [2.24, 2.45) is 5.73 Å². The molecular weight excluding hydrogens is 222 g/mol. The summed E-state index contributed by atoms with van der Waals surface area (Å²) in [4.78, 5) is 22.8. The lowest BCUT2D eigenvalue weighted by Gasteiger charge is -2.15. The Bertz CT molecular complexity index is 420. The zero-order valence-electron chi connectivity index (χ0n) is 9.63. The molecule has 92 valence electrons. The summed E-state index contributed by atoms with van der Waals surface area (Å²) in [6.07, 6.45) is 0.247. The molecule has 0 unspecified atom stereocenters. The summed E-state index contributed by atoms with van der Waals surface area (Å²) in [5.74, 6) is -0.376. The van der Waals surface area contributed by atoms with Gasteiger partial charge in [-0.1, -0.05) is 18.2 Å². The Labute approximate surface area is 99.2 Å². The van der Waals surface area contributed by atoms with Crippen LogP contribution >= 0.6 is 0 Å². The van der Waals surface area contributed by atoms with E-state index in [1.54, 1.807) is 25.2 Å². The highest BCUT2D eigenvalue weighted by atomic mass is 16.6. The molecule has 0 radical (unpaired) electrons. The first-order chi connectivity index (χ1) is 8.00. The molecule has 0 aliphatic carbocycles. The van der Waals surface area contributed by atoms with E-state index < -0.39 is 4.92 Å². The van der Waals surface area contributed by atoms with Crippen LogP contribution < -0.4 is 5.73 Å². The zero-order chi connectivity index (χ0) is 12.8. The maximum atomic E-state index is 10.8. The maximum absolute atomic E-state index is 10.8. The predicted molar refractivity (Wildman–Crippen MR) is 63.2 cm³/mol. The van der Waals surface area contributed by atoms with Crippen LogP contribution in [0.4, 0.5) is 5.69 Å². The number of nitro benzene ring substituents is 1. The molecule has 0 saturated heterocycles. The van der Waals surface area contributed by atoms with E-state index in [-0.39, 0.29) is 18.0 Å². The molecule has 0 fully saturated rings. The highest BCUT2D eigenvalue weighted by molar-refractivity contribution is 5.73. The third-order valence-corrected chi connectivity index (χ3v) is 2.37. The monoisotopic (exact) mass is 237 g/mol. The van der Waals surface area contributed by atoms with Gasteiger partial charge < -0.3 is 10.6 Å². The van der Waals surface area contributed by atoms with Gasteiger partial charge in [0.1, 0.15) is 0 Å². The number of nitrogens with zero attached hydrogens (tertiary/aromatic N) is 2. The van der Waals surface area contributed by atoms with E-state index in [2.05, 4.69) is 0 Å². The number of carbonyl (C=O) groups is 1. The van der Waals surface area contributed by atoms with Crippen molar-refractivity contribution in [3.8, 4) is 0 Å². The summed E-state index contributed by atoms with van der Waals surface area (Å²) >= 11 is 0. The number of para-hydroxylation sites is 1. The van der Waals surface area contributed by atoms with Gasteiger partial charge in [0, 0.05) is 31.1 Å². The molecule has 0 aromatic heterocycles. The molecule has 1 aromatic carbocycles. The van der Waals surface area contributed by atoms with Crippen LogP contribution in [0.1, 0.15) is 12.0 Å². The van der Waals surface area contributed by atoms with Gasteiger partial charge in [0.2, 0.25) is 5.91 Å². The molecule has 0 saturated carbocycles. The summed E-state index contributed by atoms with van der Waals surface area (Å²) in [6.45, 7) is 0.909. The standard InChI is InChI=1S/C11H15N3O3/c1-13(7-6-11(12)15)8-9-4-2-3-5-10(9)14(16)17/h2-5H,6-8H2,1H3,(H2,12,15). The molecule has 1 rings (SSSR count). The molecule has 0 atom stereocenters. The van der Waals surface area contributed by atoms with Crippen LogP contribution in [-0.4, -0.2) is 29.3 Å². The number of carbonyl (C=O) groups excluding carboxylic acids is 1. The minimum atomic E-state index is -0.405. The SMILES string of the molecule is CN(CCC(N)=O)Cc1ccccc1[N+](=O)[O-]. The summed E-state index contributed by atoms with van der Waals surface area (Å²) in [5, 5.41) is 10.8. The first kappa shape index (κ1) is 13.1. The number of benzene rings is 1. The minimum absolute atomic E-state index is 0.0958. The van der Waals surface area contributed by atoms with Crippen molar-refractivity contribution in [2.45, 2.75) is 13.0 Å². The second-order valence-electron chi connectivity index (χ2n) is 3.84. The summed E-state index contributed by atoms with van der Waals surface area (Å²) < 4.78 is 0. The highest BCUT2D eigenvalue weighted by Crippen LogP contribution is 2.18. The zero-order valence-corrected chi connectivity index (χ0v) is 9.63. The predicted octanol–water partition coefficient (Wildman–Crippen LogP) is 0.902. The second kappa shape index (κ2) is 5.95. The fourth-order valence-corrected chi connectivity index (χ4v) is 1.49. The van der Waals surface area contributed by atoms with Gasteiger partial charge in [0.05, 0.1) is 4.92 Å². The number of rotatable bonds is 6. The van der Waals surface area contributed by atoms with Crippen LogP contribution in [0.2, 0.25) is 0 Å². The summed E-state index contributed by atoms with van der Waals surface area (Å²) in [7, 11) is 1.79. The smallest absolute Gasteiger partial charge is 0.273 e. The molecular formula is C11H15N3O3. The molecule has 6 nitrogen and oxygen atoms in total. The molecule has 1 aromatic rings. The van der Waals surface area contributed by atoms with E-state index in [1.807, 2.05) is 4.90 Å². The average Bonchev–Trinajstić information content (AvgIpc) is 2.27. The highest BCUT2D eigenvalue weighted by Gasteiger charge is 2.13. The van der Waals surface area contributed by atoms with Crippen LogP contribution in [-0.2, 0) is 11.3 Å². The number of amides is 1. The van der Waals surface area contributed by atoms with Crippen molar-refractivity contribution in [1.82, 2.24) is 4.90 Å². The topological polar surface area (TPSA) is 89.5 Å². The third kappa shape index (κ3) is 4.20. The number of nitro groups is 1. The third-order valence-electron chi connectivity index (χ3n) is 2.37. The number of hydrogen-bond acceptors (Lipinski definition) is 4. The van der Waals surface area contributed by atoms with E-state index >= 15 is 0 Å². The van der Waals surface area contributed by atoms with Crippen molar-refractivity contribution in [3.05, 3.63) is 39.9 Å². The molecule has 1 amide bonds. The molecule has 6 heteroatoms. The van der Waals surface area contributed by atoms with Crippen LogP contribution in [0, 0.1) is 10.1 Å². The van der Waals surface area contributed by atoms with Crippen molar-refractivity contribution in [1.29, 1.82) is 0 Å². The van der Waals surface area contributed by atoms with Crippen molar-refractivity contribution in [2.75, 3.05) is 13.6 Å². The Morgan fingerprint density at radius 1 is 1.47 bits per heavy atom. The molecule has 0 spiro atoms. The van der Waals surface area contributed by atoms with E-state index in [9.17, 15) is 14.9 Å². The molecule has 0 aliphatic rings. The summed E-state index contributed by atoms with van der Waals surface area (Å²) in [5.41, 5.74) is 5.76. The van der Waals surface area contributed by atoms with Crippen molar-refractivity contribution < 1.29 is 9.72 Å². The van der Waals surface area contributed by atoms with E-state index in [1.165, 1.54) is 6.07 Å². The van der Waals surface area contributed by atoms with Gasteiger partial charge in [-0.3, -0.25) is 14.9 Å². The van der Waals surface area contributed by atoms with Crippen molar-refractivity contribution in [3.63, 3.8) is 0 Å². The minimum Gasteiger partial charge on any atom is -0.370 e. The van der Waals surface area contributed by atoms with Gasteiger partial charge >= 0.3 is 0 Å². The Morgan fingerprint density at radius 2 is 2.12 bits per heavy atom. The van der Waals surface area contributed by atoms with Crippen LogP contribution in [0.15, 0.2) is 24.3 Å². The van der Waals surface area contributed by atoms with Crippen LogP contribution in [0.25, 0.3) is 0 Å². The lowest BCUT2D eigenvalue weighted by atomic mass is 10.1. The molecule has 0 bridgehead atoms. The van der Waals surface area contributed by atoms with Crippen LogP contribution in [0.5, 0.6) is 0 Å². The first-order valence-electron chi connectivity index (χ1n) is 5.20. The Balaban J connectivity index is 2.67. The van der Waals surface area contributed by atoms with Gasteiger partial charge in [-0.25, -0.2) is 0 Å². The first-order valence-corrected chi connectivity index (χ1v) is 5.20. The van der Waals surface area contributed by atoms with Gasteiger partial charge in [0.25, 0.3) is 5.69 Å². The average molecular weight is 237 g/mol. The van der Waals surface area contributed by atoms with E-state index in [4.69, 9.17) is 5.73 Å². The largest absolute Gasteiger partial charge is 0.370 e. The fourth-order valence-electron chi connectivity index (χ4n) is 1.49. The van der Waals surface area contributed by atoms with E-state index in [0.29, 0.717) is 18.7 Å². The molecule has 0 aliphatic heterocycles. The Morgan fingerprint density at radius 3 is 2.71 bits per heavy atom. The number of hydrogen-bond donors (Lipinski definition) is 1. The maximum Gasteiger partial charge on any atom is 0.273 e. The lowest BCUT2D eigenvalue weighted by molar-refractivity contribution is -0.385. The lowest BCUT2D eigenvalue weighted by Crippen LogP contribution is -2.24. The van der Waals surface area contributed by atoms with Gasteiger partial charge in [-0.05, 0) is 7.05 Å². The number of nitrogens with two attached hydrogens (primary N) is 1. The summed E-state index contributed by atoms with van der Waals surface area (Å²) in [6, 6.07) is 6.56. The molecule has 2 N–H and O–H groups in total. The number of primary amides is 1. The van der Waals surface area contributed by atoms with Crippen molar-refractivity contribution >= 4 is 11.6 Å². The molecule has 17 heavy (non-hydrogen) atoms.